The van der Waals surface area contributed by atoms with E-state index < -0.39 is 11.5 Å². The average molecular weight is 314 g/mol. The fourth-order valence-corrected chi connectivity index (χ4v) is 1.91. The van der Waals surface area contributed by atoms with Gasteiger partial charge < -0.3 is 10.6 Å². The van der Waals surface area contributed by atoms with E-state index in [2.05, 4.69) is 20.8 Å². The average Bonchev–Trinajstić information content (AvgIpc) is 3.00. The van der Waals surface area contributed by atoms with Gasteiger partial charge in [0.1, 0.15) is 6.04 Å². The van der Waals surface area contributed by atoms with Crippen LogP contribution >= 0.6 is 0 Å². The number of nitrogens with zero attached hydrogens (tertiary/aromatic N) is 1. The standard InChI is InChI=1S/C17H22N4O2/c1-11(19-16(23)17(2,3)4)15(22)20-13-7-5-6-12(10-13)14-8-9-18-21-14/h5-11H,1-4H3,(H,18,21)(H,19,23)(H,20,22)/t11-/m1/s1. The number of anilines is 1. The van der Waals surface area contributed by atoms with Crippen LogP contribution in [0.2, 0.25) is 0 Å². The third kappa shape index (κ3) is 4.42. The molecule has 2 amide bonds. The van der Waals surface area contributed by atoms with E-state index in [9.17, 15) is 9.59 Å². The number of nitrogens with one attached hydrogen (secondary N) is 3. The van der Waals surface area contributed by atoms with Crippen molar-refractivity contribution in [3.63, 3.8) is 0 Å². The molecule has 1 aromatic carbocycles. The van der Waals surface area contributed by atoms with Gasteiger partial charge in [-0.05, 0) is 25.1 Å². The van der Waals surface area contributed by atoms with E-state index >= 15 is 0 Å². The zero-order valence-corrected chi connectivity index (χ0v) is 13.8. The zero-order valence-electron chi connectivity index (χ0n) is 13.8. The Morgan fingerprint density at radius 3 is 2.57 bits per heavy atom. The molecule has 0 aliphatic rings. The van der Waals surface area contributed by atoms with Crippen LogP contribution < -0.4 is 10.6 Å². The van der Waals surface area contributed by atoms with Crippen LogP contribution in [-0.4, -0.2) is 28.1 Å². The van der Waals surface area contributed by atoms with Crippen molar-refractivity contribution in [2.75, 3.05) is 5.32 Å². The highest BCUT2D eigenvalue weighted by molar-refractivity contribution is 5.97. The molecule has 0 aliphatic carbocycles. The second-order valence-electron chi connectivity index (χ2n) is 6.49. The van der Waals surface area contributed by atoms with E-state index in [-0.39, 0.29) is 11.8 Å². The summed E-state index contributed by atoms with van der Waals surface area (Å²) in [4.78, 5) is 24.2. The number of rotatable bonds is 4. The van der Waals surface area contributed by atoms with Crippen molar-refractivity contribution in [2.24, 2.45) is 5.41 Å². The summed E-state index contributed by atoms with van der Waals surface area (Å²) in [6.07, 6.45) is 1.67. The maximum atomic E-state index is 12.2. The van der Waals surface area contributed by atoms with Crippen molar-refractivity contribution in [2.45, 2.75) is 33.7 Å². The third-order valence-corrected chi connectivity index (χ3v) is 3.36. The molecule has 122 valence electrons. The lowest BCUT2D eigenvalue weighted by Crippen LogP contribution is -2.46. The quantitative estimate of drug-likeness (QED) is 0.810. The smallest absolute Gasteiger partial charge is 0.246 e. The zero-order chi connectivity index (χ0) is 17.0. The lowest BCUT2D eigenvalue weighted by molar-refractivity contribution is -0.131. The Kier molecular flexibility index (Phi) is 4.83. The summed E-state index contributed by atoms with van der Waals surface area (Å²) in [5.41, 5.74) is 1.93. The Balaban J connectivity index is 2.03. The maximum absolute atomic E-state index is 12.2. The number of carbonyl (C=O) groups is 2. The fraction of sp³-hybridized carbons (Fsp3) is 0.353. The van der Waals surface area contributed by atoms with E-state index in [1.807, 2.05) is 24.3 Å². The normalized spacial score (nSPS) is 12.5. The van der Waals surface area contributed by atoms with E-state index in [4.69, 9.17) is 0 Å². The Bertz CT molecular complexity index is 687. The topological polar surface area (TPSA) is 86.9 Å². The highest BCUT2D eigenvalue weighted by Crippen LogP contribution is 2.20. The summed E-state index contributed by atoms with van der Waals surface area (Å²) >= 11 is 0. The Morgan fingerprint density at radius 2 is 1.96 bits per heavy atom. The molecule has 0 spiro atoms. The maximum Gasteiger partial charge on any atom is 0.246 e. The Labute approximate surface area is 135 Å². The van der Waals surface area contributed by atoms with Gasteiger partial charge in [-0.1, -0.05) is 32.9 Å². The number of aromatic nitrogens is 2. The van der Waals surface area contributed by atoms with Crippen molar-refractivity contribution in [3.8, 4) is 11.3 Å². The van der Waals surface area contributed by atoms with Gasteiger partial charge in [0.25, 0.3) is 0 Å². The predicted molar refractivity (Wildman–Crippen MR) is 89.7 cm³/mol. The van der Waals surface area contributed by atoms with Gasteiger partial charge in [0.2, 0.25) is 11.8 Å². The highest BCUT2D eigenvalue weighted by Gasteiger charge is 2.25. The van der Waals surface area contributed by atoms with Gasteiger partial charge >= 0.3 is 0 Å². The molecule has 23 heavy (non-hydrogen) atoms. The minimum atomic E-state index is -0.613. The number of amides is 2. The first-order valence-electron chi connectivity index (χ1n) is 7.49. The van der Waals surface area contributed by atoms with Crippen LogP contribution in [0.1, 0.15) is 27.7 Å². The van der Waals surface area contributed by atoms with Crippen LogP contribution in [-0.2, 0) is 9.59 Å². The summed E-state index contributed by atoms with van der Waals surface area (Å²) in [6, 6.07) is 8.67. The molecule has 0 bridgehead atoms. The molecule has 6 nitrogen and oxygen atoms in total. The van der Waals surface area contributed by atoms with Crippen molar-refractivity contribution in [1.29, 1.82) is 0 Å². The van der Waals surface area contributed by atoms with Crippen molar-refractivity contribution >= 4 is 17.5 Å². The number of benzene rings is 1. The number of hydrogen-bond acceptors (Lipinski definition) is 3. The van der Waals surface area contributed by atoms with Crippen LogP contribution in [0.3, 0.4) is 0 Å². The summed E-state index contributed by atoms with van der Waals surface area (Å²) in [6.45, 7) is 7.08. The van der Waals surface area contributed by atoms with Crippen molar-refractivity contribution < 1.29 is 9.59 Å². The number of hydrogen-bond donors (Lipinski definition) is 3. The lowest BCUT2D eigenvalue weighted by atomic mass is 9.95. The molecule has 1 aromatic heterocycles. The van der Waals surface area contributed by atoms with Crippen molar-refractivity contribution in [1.82, 2.24) is 15.5 Å². The molecule has 0 fully saturated rings. The van der Waals surface area contributed by atoms with Gasteiger partial charge in [-0.2, -0.15) is 5.10 Å². The van der Waals surface area contributed by atoms with Gasteiger partial charge in [0.05, 0.1) is 5.69 Å². The summed E-state index contributed by atoms with van der Waals surface area (Å²) in [7, 11) is 0. The number of carbonyl (C=O) groups excluding carboxylic acids is 2. The van der Waals surface area contributed by atoms with E-state index in [1.54, 1.807) is 40.0 Å². The molecule has 2 aromatic rings. The molecule has 1 atom stereocenters. The Hall–Kier alpha value is -2.63. The van der Waals surface area contributed by atoms with Crippen LogP contribution in [0.4, 0.5) is 5.69 Å². The summed E-state index contributed by atoms with van der Waals surface area (Å²) in [5, 5.41) is 12.3. The molecule has 0 radical (unpaired) electrons. The van der Waals surface area contributed by atoms with Crippen molar-refractivity contribution in [3.05, 3.63) is 36.5 Å². The number of aromatic amines is 1. The SMILES string of the molecule is C[C@@H](NC(=O)C(C)(C)C)C(=O)Nc1cccc(-c2ccn[nH]2)c1. The largest absolute Gasteiger partial charge is 0.344 e. The second kappa shape index (κ2) is 6.64. The fourth-order valence-electron chi connectivity index (χ4n) is 1.91. The molecular formula is C17H22N4O2. The molecular weight excluding hydrogens is 292 g/mol. The van der Waals surface area contributed by atoms with Gasteiger partial charge in [-0.25, -0.2) is 0 Å². The Morgan fingerprint density at radius 1 is 1.22 bits per heavy atom. The van der Waals surface area contributed by atoms with Gasteiger partial charge in [-0.3, -0.25) is 14.7 Å². The summed E-state index contributed by atoms with van der Waals surface area (Å²) < 4.78 is 0. The number of H-pyrrole nitrogens is 1. The molecule has 6 heteroatoms. The molecule has 0 aliphatic heterocycles. The third-order valence-electron chi connectivity index (χ3n) is 3.36. The minimum absolute atomic E-state index is 0.161. The van der Waals surface area contributed by atoms with Crippen LogP contribution in [0, 0.1) is 5.41 Å². The first-order chi connectivity index (χ1) is 10.8. The van der Waals surface area contributed by atoms with Gasteiger partial charge in [-0.15, -0.1) is 0 Å². The first kappa shape index (κ1) is 16.7. The van der Waals surface area contributed by atoms with E-state index in [1.165, 1.54) is 0 Å². The van der Waals surface area contributed by atoms with E-state index in [0.29, 0.717) is 5.69 Å². The minimum Gasteiger partial charge on any atom is -0.344 e. The molecule has 1 heterocycles. The predicted octanol–water partition coefficient (Wildman–Crippen LogP) is 2.57. The van der Waals surface area contributed by atoms with Gasteiger partial charge in [0.15, 0.2) is 0 Å². The highest BCUT2D eigenvalue weighted by atomic mass is 16.2. The second-order valence-corrected chi connectivity index (χ2v) is 6.49. The lowest BCUT2D eigenvalue weighted by Gasteiger charge is -2.21. The van der Waals surface area contributed by atoms with Crippen LogP contribution in [0.25, 0.3) is 11.3 Å². The molecule has 3 N–H and O–H groups in total. The van der Waals surface area contributed by atoms with E-state index in [0.717, 1.165) is 11.3 Å². The van der Waals surface area contributed by atoms with Crippen LogP contribution in [0.15, 0.2) is 36.5 Å². The van der Waals surface area contributed by atoms with Gasteiger partial charge in [0, 0.05) is 22.9 Å². The molecule has 0 unspecified atom stereocenters. The molecule has 2 rings (SSSR count). The monoisotopic (exact) mass is 314 g/mol. The molecule has 0 saturated carbocycles. The summed E-state index contributed by atoms with van der Waals surface area (Å²) in [5.74, 6) is -0.421. The van der Waals surface area contributed by atoms with Crippen LogP contribution in [0.5, 0.6) is 0 Å². The first-order valence-corrected chi connectivity index (χ1v) is 7.49. The molecule has 0 saturated heterocycles.